The van der Waals surface area contributed by atoms with Crippen molar-refractivity contribution in [2.75, 3.05) is 18.5 Å². The molecule has 2 aromatic carbocycles. The number of aliphatic hydroxyl groups is 1. The standard InChI is InChI=1S/C18H22N2O/c1-19-17-10-11-20(18-5-3-2-4-16(17)18)12-14-6-8-15(13-21)9-7-14/h2-9,17,19,21H,10-13H2,1H3. The molecule has 0 spiro atoms. The third-order valence-electron chi connectivity index (χ3n) is 4.27. The number of rotatable bonds is 4. The van der Waals surface area contributed by atoms with E-state index >= 15 is 0 Å². The number of hydrogen-bond acceptors (Lipinski definition) is 3. The van der Waals surface area contributed by atoms with Crippen molar-refractivity contribution in [2.24, 2.45) is 0 Å². The predicted molar refractivity (Wildman–Crippen MR) is 86.3 cm³/mol. The summed E-state index contributed by atoms with van der Waals surface area (Å²) in [6, 6.07) is 17.3. The minimum absolute atomic E-state index is 0.108. The molecule has 110 valence electrons. The average Bonchev–Trinajstić information content (AvgIpc) is 2.56. The van der Waals surface area contributed by atoms with Gasteiger partial charge in [-0.05, 0) is 36.2 Å². The maximum Gasteiger partial charge on any atom is 0.0681 e. The van der Waals surface area contributed by atoms with E-state index in [0.29, 0.717) is 6.04 Å². The van der Waals surface area contributed by atoms with Gasteiger partial charge in [-0.2, -0.15) is 0 Å². The lowest BCUT2D eigenvalue weighted by Crippen LogP contribution is -2.34. The molecule has 21 heavy (non-hydrogen) atoms. The minimum Gasteiger partial charge on any atom is -0.392 e. The van der Waals surface area contributed by atoms with E-state index in [1.54, 1.807) is 0 Å². The molecule has 3 nitrogen and oxygen atoms in total. The summed E-state index contributed by atoms with van der Waals surface area (Å²) < 4.78 is 0. The summed E-state index contributed by atoms with van der Waals surface area (Å²) in [6.45, 7) is 2.08. The van der Waals surface area contributed by atoms with Gasteiger partial charge in [-0.3, -0.25) is 0 Å². The van der Waals surface area contributed by atoms with Crippen LogP contribution in [0.3, 0.4) is 0 Å². The van der Waals surface area contributed by atoms with E-state index in [1.807, 2.05) is 19.2 Å². The van der Waals surface area contributed by atoms with E-state index in [-0.39, 0.29) is 6.61 Å². The maximum atomic E-state index is 9.12. The normalized spacial score (nSPS) is 17.6. The highest BCUT2D eigenvalue weighted by molar-refractivity contribution is 5.57. The number of anilines is 1. The summed E-state index contributed by atoms with van der Waals surface area (Å²) in [5.74, 6) is 0. The third kappa shape index (κ3) is 2.94. The van der Waals surface area contributed by atoms with E-state index in [9.17, 15) is 0 Å². The molecule has 2 aromatic rings. The van der Waals surface area contributed by atoms with E-state index in [0.717, 1.165) is 25.1 Å². The van der Waals surface area contributed by atoms with Crippen molar-refractivity contribution in [3.63, 3.8) is 0 Å². The quantitative estimate of drug-likeness (QED) is 0.905. The number of fused-ring (bicyclic) bond motifs is 1. The smallest absolute Gasteiger partial charge is 0.0681 e. The van der Waals surface area contributed by atoms with Gasteiger partial charge in [0.15, 0.2) is 0 Å². The first-order valence-electron chi connectivity index (χ1n) is 7.51. The highest BCUT2D eigenvalue weighted by Crippen LogP contribution is 2.34. The molecule has 3 rings (SSSR count). The van der Waals surface area contributed by atoms with Gasteiger partial charge in [-0.25, -0.2) is 0 Å². The molecule has 1 aliphatic rings. The van der Waals surface area contributed by atoms with Gasteiger partial charge in [0.2, 0.25) is 0 Å². The lowest BCUT2D eigenvalue weighted by atomic mass is 9.96. The summed E-state index contributed by atoms with van der Waals surface area (Å²) in [5.41, 5.74) is 4.96. The topological polar surface area (TPSA) is 35.5 Å². The Morgan fingerprint density at radius 1 is 1.10 bits per heavy atom. The molecule has 1 heterocycles. The van der Waals surface area contributed by atoms with Crippen LogP contribution < -0.4 is 10.2 Å². The van der Waals surface area contributed by atoms with E-state index in [1.165, 1.54) is 16.8 Å². The third-order valence-corrected chi connectivity index (χ3v) is 4.27. The second kappa shape index (κ2) is 6.29. The molecule has 2 N–H and O–H groups in total. The Kier molecular flexibility index (Phi) is 4.23. The van der Waals surface area contributed by atoms with Crippen molar-refractivity contribution in [3.8, 4) is 0 Å². The molecule has 0 amide bonds. The maximum absolute atomic E-state index is 9.12. The fraction of sp³-hybridized carbons (Fsp3) is 0.333. The number of nitrogens with one attached hydrogen (secondary N) is 1. The van der Waals surface area contributed by atoms with Crippen molar-refractivity contribution < 1.29 is 5.11 Å². The molecular weight excluding hydrogens is 260 g/mol. The Balaban J connectivity index is 1.82. The first-order chi connectivity index (χ1) is 10.3. The van der Waals surface area contributed by atoms with Crippen LogP contribution in [0.2, 0.25) is 0 Å². The monoisotopic (exact) mass is 282 g/mol. The highest BCUT2D eigenvalue weighted by Gasteiger charge is 2.23. The van der Waals surface area contributed by atoms with Gasteiger partial charge in [-0.15, -0.1) is 0 Å². The average molecular weight is 282 g/mol. The van der Waals surface area contributed by atoms with E-state index in [4.69, 9.17) is 5.11 Å². The van der Waals surface area contributed by atoms with Gasteiger partial charge in [0.05, 0.1) is 6.61 Å². The van der Waals surface area contributed by atoms with Crippen molar-refractivity contribution in [2.45, 2.75) is 25.6 Å². The van der Waals surface area contributed by atoms with Crippen LogP contribution in [0.5, 0.6) is 0 Å². The fourth-order valence-electron chi connectivity index (χ4n) is 3.07. The van der Waals surface area contributed by atoms with Crippen LogP contribution >= 0.6 is 0 Å². The van der Waals surface area contributed by atoms with Crippen LogP contribution in [-0.4, -0.2) is 18.7 Å². The Hall–Kier alpha value is -1.84. The first kappa shape index (κ1) is 14.1. The Bertz CT molecular complexity index is 594. The molecule has 0 bridgehead atoms. The van der Waals surface area contributed by atoms with Crippen molar-refractivity contribution in [1.29, 1.82) is 0 Å². The lowest BCUT2D eigenvalue weighted by molar-refractivity contribution is 0.282. The molecule has 0 saturated heterocycles. The number of benzene rings is 2. The van der Waals surface area contributed by atoms with Crippen LogP contribution in [0.25, 0.3) is 0 Å². The van der Waals surface area contributed by atoms with E-state index < -0.39 is 0 Å². The number of aliphatic hydroxyl groups excluding tert-OH is 1. The van der Waals surface area contributed by atoms with Crippen LogP contribution in [-0.2, 0) is 13.2 Å². The van der Waals surface area contributed by atoms with Gasteiger partial charge in [0.25, 0.3) is 0 Å². The van der Waals surface area contributed by atoms with Gasteiger partial charge < -0.3 is 15.3 Å². The first-order valence-corrected chi connectivity index (χ1v) is 7.51. The van der Waals surface area contributed by atoms with Crippen LogP contribution in [0.1, 0.15) is 29.2 Å². The number of hydrogen-bond donors (Lipinski definition) is 2. The molecule has 1 unspecified atom stereocenters. The SMILES string of the molecule is CNC1CCN(Cc2ccc(CO)cc2)c2ccccc21. The molecule has 0 fully saturated rings. The second-order valence-corrected chi connectivity index (χ2v) is 5.58. The van der Waals surface area contributed by atoms with Crippen molar-refractivity contribution in [3.05, 3.63) is 65.2 Å². The zero-order valence-corrected chi connectivity index (χ0v) is 12.4. The highest BCUT2D eigenvalue weighted by atomic mass is 16.3. The molecule has 3 heteroatoms. The largest absolute Gasteiger partial charge is 0.392 e. The van der Waals surface area contributed by atoms with Crippen LogP contribution in [0, 0.1) is 0 Å². The lowest BCUT2D eigenvalue weighted by Gasteiger charge is -2.35. The van der Waals surface area contributed by atoms with Gasteiger partial charge >= 0.3 is 0 Å². The number of para-hydroxylation sites is 1. The zero-order valence-electron chi connectivity index (χ0n) is 12.4. The molecule has 0 aromatic heterocycles. The molecule has 0 radical (unpaired) electrons. The van der Waals surface area contributed by atoms with Crippen LogP contribution in [0.15, 0.2) is 48.5 Å². The number of nitrogens with zero attached hydrogens (tertiary/aromatic N) is 1. The van der Waals surface area contributed by atoms with Crippen LogP contribution in [0.4, 0.5) is 5.69 Å². The molecule has 0 aliphatic carbocycles. The van der Waals surface area contributed by atoms with Gasteiger partial charge in [0, 0.05) is 24.8 Å². The van der Waals surface area contributed by atoms with Crippen molar-refractivity contribution >= 4 is 5.69 Å². The summed E-state index contributed by atoms with van der Waals surface area (Å²) in [7, 11) is 2.03. The molecule has 0 saturated carbocycles. The summed E-state index contributed by atoms with van der Waals surface area (Å²) in [6.07, 6.45) is 1.13. The van der Waals surface area contributed by atoms with Gasteiger partial charge in [-0.1, -0.05) is 42.5 Å². The van der Waals surface area contributed by atoms with Crippen molar-refractivity contribution in [1.82, 2.24) is 5.32 Å². The van der Waals surface area contributed by atoms with E-state index in [2.05, 4.69) is 46.6 Å². The second-order valence-electron chi connectivity index (χ2n) is 5.58. The fourth-order valence-corrected chi connectivity index (χ4v) is 3.07. The Morgan fingerprint density at radius 2 is 1.81 bits per heavy atom. The summed E-state index contributed by atoms with van der Waals surface area (Å²) in [5, 5.41) is 12.5. The zero-order chi connectivity index (χ0) is 14.7. The van der Waals surface area contributed by atoms with Gasteiger partial charge in [0.1, 0.15) is 0 Å². The Morgan fingerprint density at radius 3 is 2.52 bits per heavy atom. The summed E-state index contributed by atoms with van der Waals surface area (Å²) >= 11 is 0. The molecule has 1 atom stereocenters. The summed E-state index contributed by atoms with van der Waals surface area (Å²) in [4.78, 5) is 2.44. The molecular formula is C18H22N2O. The minimum atomic E-state index is 0.108. The Labute approximate surface area is 126 Å². The predicted octanol–water partition coefficient (Wildman–Crippen LogP) is 2.85. The molecule has 1 aliphatic heterocycles.